The molecule has 6 N–H and O–H groups in total. The second-order valence-electron chi connectivity index (χ2n) is 8.64. The zero-order valence-electron chi connectivity index (χ0n) is 23.2. The van der Waals surface area contributed by atoms with Gasteiger partial charge >= 0.3 is 11.8 Å². The first kappa shape index (κ1) is 32.1. The first-order chi connectivity index (χ1) is 21.0. The topological polar surface area (TPSA) is 209 Å². The summed E-state index contributed by atoms with van der Waals surface area (Å²) in [6.45, 7) is 0. The van der Waals surface area contributed by atoms with E-state index in [0.29, 0.717) is 23.7 Å². The van der Waals surface area contributed by atoms with E-state index in [-0.39, 0.29) is 22.3 Å². The smallest absolute Gasteiger partial charge is 0.304 e. The number of ketones is 2. The quantitative estimate of drug-likeness (QED) is 0.0859. The molecule has 4 amide bonds. The van der Waals surface area contributed by atoms with Crippen molar-refractivity contribution >= 4 is 35.2 Å². The molecule has 0 saturated heterocycles. The maximum Gasteiger partial charge on any atom is 0.304 e. The molecule has 0 aliphatic heterocycles. The highest BCUT2D eigenvalue weighted by Gasteiger charge is 2.16. The molecule has 0 aromatic heterocycles. The van der Waals surface area contributed by atoms with Gasteiger partial charge in [-0.15, -0.1) is 0 Å². The second-order valence-corrected chi connectivity index (χ2v) is 8.64. The number of hydrazine groups is 2. The van der Waals surface area contributed by atoms with Crippen LogP contribution in [0.15, 0.2) is 96.5 Å². The van der Waals surface area contributed by atoms with Crippen LogP contribution in [-0.4, -0.2) is 59.6 Å². The van der Waals surface area contributed by atoms with E-state index in [1.807, 2.05) is 21.7 Å². The van der Waals surface area contributed by atoms with Gasteiger partial charge in [-0.2, -0.15) is 0 Å². The van der Waals surface area contributed by atoms with E-state index >= 15 is 0 Å². The molecule has 0 aliphatic rings. The number of hydrogen-bond donors (Lipinski definition) is 6. The van der Waals surface area contributed by atoms with Gasteiger partial charge in [0.2, 0.25) is 0 Å². The van der Waals surface area contributed by atoms with Crippen LogP contribution in [-0.2, 0) is 9.59 Å². The van der Waals surface area contributed by atoms with E-state index in [0.717, 1.165) is 0 Å². The molecule has 3 rings (SSSR count). The van der Waals surface area contributed by atoms with E-state index in [1.54, 1.807) is 0 Å². The highest BCUT2D eigenvalue weighted by molar-refractivity contribution is 6.10. The molecule has 3 aromatic carbocycles. The zero-order chi connectivity index (χ0) is 32.2. The lowest BCUT2D eigenvalue weighted by Crippen LogP contribution is -2.43. The third-order valence-electron chi connectivity index (χ3n) is 5.74. The third-order valence-corrected chi connectivity index (χ3v) is 5.74. The minimum Gasteiger partial charge on any atom is -0.503 e. The molecular weight excluding hydrogens is 576 g/mol. The maximum absolute atomic E-state index is 12.3. The average molecular weight is 603 g/mol. The van der Waals surface area contributed by atoms with Gasteiger partial charge in [0.1, 0.15) is 11.5 Å². The minimum atomic E-state index is -1.16. The molecule has 0 unspecified atom stereocenters. The van der Waals surface area contributed by atoms with Crippen molar-refractivity contribution in [3.63, 3.8) is 0 Å². The lowest BCUT2D eigenvalue weighted by molar-refractivity contribution is -0.121. The predicted octanol–water partition coefficient (Wildman–Crippen LogP) is 1.88. The molecule has 0 saturated carbocycles. The Morgan fingerprint density at radius 3 is 1.09 bits per heavy atom. The van der Waals surface area contributed by atoms with Crippen LogP contribution in [0.5, 0.6) is 11.5 Å². The van der Waals surface area contributed by atoms with Gasteiger partial charge in [0.05, 0.1) is 14.2 Å². The normalized spacial score (nSPS) is 11.0. The van der Waals surface area contributed by atoms with Crippen LogP contribution in [0.2, 0.25) is 0 Å². The van der Waals surface area contributed by atoms with Crippen LogP contribution in [0.4, 0.5) is 0 Å². The van der Waals surface area contributed by atoms with Crippen LogP contribution < -0.4 is 31.2 Å². The Morgan fingerprint density at radius 2 is 0.795 bits per heavy atom. The zero-order valence-corrected chi connectivity index (χ0v) is 23.2. The fraction of sp³-hybridized carbons (Fsp3) is 0.0667. The average Bonchev–Trinajstić information content (AvgIpc) is 3.05. The van der Waals surface area contributed by atoms with Gasteiger partial charge in [-0.25, -0.2) is 0 Å². The maximum atomic E-state index is 12.3. The Labute approximate surface area is 249 Å². The van der Waals surface area contributed by atoms with Crippen molar-refractivity contribution in [1.82, 2.24) is 21.7 Å². The number of methoxy groups -OCH3 is 2. The molecule has 0 bridgehead atoms. The number of aliphatic hydroxyl groups excluding tert-OH is 2. The standard InChI is InChI=1S/C30H26N4O10/c1-43-21-11-7-17(8-12-21)23(35)15-25(37)29(41)33-31-27(39)19-3-5-20(6-4-19)28(40)32-34-30(42)26(38)16-24(36)18-9-13-22(44-2)14-10-18/h3-16,37-38H,1-2H3,(H,31,39)(H,32,40)(H,33,41)(H,34,42)/b25-15-,26-16-. The SMILES string of the molecule is COc1ccc(C(=O)/C=C(\O)C(=O)NNC(=O)c2ccc(C(=O)NNC(=O)/C(O)=C/C(=O)c3ccc(OC)cc3)cc2)cc1. The van der Waals surface area contributed by atoms with E-state index < -0.39 is 46.7 Å². The first-order valence-corrected chi connectivity index (χ1v) is 12.5. The molecule has 0 atom stereocenters. The summed E-state index contributed by atoms with van der Waals surface area (Å²) < 4.78 is 9.99. The molecule has 14 heteroatoms. The number of ether oxygens (including phenoxy) is 2. The number of hydrogen-bond acceptors (Lipinski definition) is 10. The van der Waals surface area contributed by atoms with E-state index in [2.05, 4.69) is 0 Å². The largest absolute Gasteiger partial charge is 0.503 e. The predicted molar refractivity (Wildman–Crippen MR) is 154 cm³/mol. The van der Waals surface area contributed by atoms with E-state index in [1.165, 1.54) is 87.0 Å². The number of amides is 4. The van der Waals surface area contributed by atoms with Gasteiger partial charge in [0, 0.05) is 34.4 Å². The molecule has 0 fully saturated rings. The fourth-order valence-electron chi connectivity index (χ4n) is 3.33. The highest BCUT2D eigenvalue weighted by Crippen LogP contribution is 2.13. The monoisotopic (exact) mass is 602 g/mol. The molecule has 0 radical (unpaired) electrons. The Kier molecular flexibility index (Phi) is 10.9. The van der Waals surface area contributed by atoms with Crippen LogP contribution in [0.3, 0.4) is 0 Å². The molecular formula is C30H26N4O10. The number of carbonyl (C=O) groups is 6. The van der Waals surface area contributed by atoms with E-state index in [9.17, 15) is 39.0 Å². The molecule has 0 aliphatic carbocycles. The number of carbonyl (C=O) groups excluding carboxylic acids is 6. The number of rotatable bonds is 10. The first-order valence-electron chi connectivity index (χ1n) is 12.5. The number of benzene rings is 3. The van der Waals surface area contributed by atoms with Crippen LogP contribution in [0, 0.1) is 0 Å². The molecule has 0 spiro atoms. The molecule has 44 heavy (non-hydrogen) atoms. The van der Waals surface area contributed by atoms with Crippen LogP contribution in [0.25, 0.3) is 0 Å². The number of nitrogens with one attached hydrogen (secondary N) is 4. The number of aliphatic hydroxyl groups is 2. The summed E-state index contributed by atoms with van der Waals surface area (Å²) in [6, 6.07) is 16.8. The van der Waals surface area contributed by atoms with Crippen molar-refractivity contribution in [2.75, 3.05) is 14.2 Å². The van der Waals surface area contributed by atoms with Crippen LogP contribution >= 0.6 is 0 Å². The van der Waals surface area contributed by atoms with Crippen molar-refractivity contribution in [1.29, 1.82) is 0 Å². The van der Waals surface area contributed by atoms with Crippen molar-refractivity contribution in [3.05, 3.63) is 119 Å². The van der Waals surface area contributed by atoms with Crippen molar-refractivity contribution in [2.45, 2.75) is 0 Å². The lowest BCUT2D eigenvalue weighted by atomic mass is 10.1. The van der Waals surface area contributed by atoms with Gasteiger partial charge in [0.15, 0.2) is 23.1 Å². The Balaban J connectivity index is 1.48. The molecule has 3 aromatic rings. The second kappa shape index (κ2) is 15.0. The summed E-state index contributed by atoms with van der Waals surface area (Å²) in [5.41, 5.74) is 8.38. The van der Waals surface area contributed by atoms with E-state index in [4.69, 9.17) is 9.47 Å². The summed E-state index contributed by atoms with van der Waals surface area (Å²) in [7, 11) is 2.92. The van der Waals surface area contributed by atoms with Gasteiger partial charge in [-0.05, 0) is 72.8 Å². The fourth-order valence-corrected chi connectivity index (χ4v) is 3.33. The summed E-state index contributed by atoms with van der Waals surface area (Å²) >= 11 is 0. The Bertz CT molecular complexity index is 1510. The van der Waals surface area contributed by atoms with Crippen molar-refractivity contribution < 1.29 is 48.5 Å². The highest BCUT2D eigenvalue weighted by atomic mass is 16.5. The summed E-state index contributed by atoms with van der Waals surface area (Å²) in [5, 5.41) is 19.8. The molecule has 0 heterocycles. The molecule has 226 valence electrons. The third kappa shape index (κ3) is 8.78. The van der Waals surface area contributed by atoms with Gasteiger partial charge in [0.25, 0.3) is 11.8 Å². The van der Waals surface area contributed by atoms with Gasteiger partial charge < -0.3 is 19.7 Å². The summed E-state index contributed by atoms with van der Waals surface area (Å²) in [5.74, 6) is -6.15. The van der Waals surface area contributed by atoms with Gasteiger partial charge in [-0.1, -0.05) is 0 Å². The Hall–Kier alpha value is -6.44. The lowest BCUT2D eigenvalue weighted by Gasteiger charge is -2.09. The summed E-state index contributed by atoms with van der Waals surface area (Å²) in [4.78, 5) is 73.2. The van der Waals surface area contributed by atoms with Gasteiger partial charge in [-0.3, -0.25) is 50.5 Å². The van der Waals surface area contributed by atoms with Crippen molar-refractivity contribution in [3.8, 4) is 11.5 Å². The number of allylic oxidation sites excluding steroid dienone is 2. The Morgan fingerprint density at radius 1 is 0.500 bits per heavy atom. The molecule has 14 nitrogen and oxygen atoms in total. The van der Waals surface area contributed by atoms with Crippen molar-refractivity contribution in [2.24, 2.45) is 0 Å². The summed E-state index contributed by atoms with van der Waals surface area (Å²) in [6.07, 6.45) is 1.37. The van der Waals surface area contributed by atoms with Crippen LogP contribution in [0.1, 0.15) is 41.4 Å². The minimum absolute atomic E-state index is 0.00119.